The number of nitrogens with zero attached hydrogens (tertiary/aromatic N) is 1. The van der Waals surface area contributed by atoms with Crippen molar-refractivity contribution in [3.8, 4) is 0 Å². The SMILES string of the molecule is CCC(C(=O)N1CC(CO)OC(C)(C)C1)C(N)=S. The Bertz CT molecular complexity index is 333. The molecule has 2 atom stereocenters. The predicted octanol–water partition coefficient (Wildman–Crippen LogP) is 0.297. The molecule has 1 amide bonds. The lowest BCUT2D eigenvalue weighted by Gasteiger charge is -2.43. The molecule has 2 unspecified atom stereocenters. The van der Waals surface area contributed by atoms with Gasteiger partial charge in [0.15, 0.2) is 0 Å². The van der Waals surface area contributed by atoms with Crippen LogP contribution in [0.3, 0.4) is 0 Å². The fraction of sp³-hybridized carbons (Fsp3) is 0.833. The third kappa shape index (κ3) is 3.63. The average Bonchev–Trinajstić information content (AvgIpc) is 2.27. The van der Waals surface area contributed by atoms with Crippen LogP contribution < -0.4 is 5.73 Å². The molecule has 0 bridgehead atoms. The summed E-state index contributed by atoms with van der Waals surface area (Å²) in [6.45, 7) is 6.46. The summed E-state index contributed by atoms with van der Waals surface area (Å²) in [5, 5.41) is 9.21. The van der Waals surface area contributed by atoms with Crippen LogP contribution >= 0.6 is 12.2 Å². The Balaban J connectivity index is 2.81. The van der Waals surface area contributed by atoms with Gasteiger partial charge in [-0.2, -0.15) is 0 Å². The Labute approximate surface area is 113 Å². The lowest BCUT2D eigenvalue weighted by molar-refractivity contribution is -0.168. The van der Waals surface area contributed by atoms with E-state index in [9.17, 15) is 9.90 Å². The molecular weight excluding hydrogens is 252 g/mol. The van der Waals surface area contributed by atoms with Crippen LogP contribution in [-0.4, -0.2) is 52.3 Å². The van der Waals surface area contributed by atoms with E-state index in [1.54, 1.807) is 4.90 Å². The Morgan fingerprint density at radius 3 is 2.72 bits per heavy atom. The molecule has 18 heavy (non-hydrogen) atoms. The Hall–Kier alpha value is -0.720. The van der Waals surface area contributed by atoms with E-state index in [2.05, 4.69) is 0 Å². The first kappa shape index (κ1) is 15.3. The maximum absolute atomic E-state index is 12.3. The fourth-order valence-electron chi connectivity index (χ4n) is 2.28. The molecule has 0 saturated carbocycles. The Morgan fingerprint density at radius 1 is 1.67 bits per heavy atom. The molecule has 0 aromatic carbocycles. The highest BCUT2D eigenvalue weighted by Gasteiger charge is 2.37. The van der Waals surface area contributed by atoms with E-state index in [0.29, 0.717) is 19.5 Å². The molecule has 1 aliphatic rings. The quantitative estimate of drug-likeness (QED) is 0.721. The van der Waals surface area contributed by atoms with E-state index in [-0.39, 0.29) is 23.6 Å². The number of hydrogen-bond acceptors (Lipinski definition) is 4. The molecule has 104 valence electrons. The summed E-state index contributed by atoms with van der Waals surface area (Å²) < 4.78 is 5.67. The molecular formula is C12H22N2O3S. The molecule has 1 heterocycles. The third-order valence-corrected chi connectivity index (χ3v) is 3.33. The van der Waals surface area contributed by atoms with Crippen molar-refractivity contribution in [1.82, 2.24) is 4.90 Å². The van der Waals surface area contributed by atoms with Crippen LogP contribution in [0.15, 0.2) is 0 Å². The minimum absolute atomic E-state index is 0.0696. The lowest BCUT2D eigenvalue weighted by atomic mass is 10.0. The number of ether oxygens (including phenoxy) is 1. The summed E-state index contributed by atoms with van der Waals surface area (Å²) in [5.74, 6) is -0.493. The zero-order valence-electron chi connectivity index (χ0n) is 11.2. The number of rotatable bonds is 4. The summed E-state index contributed by atoms with van der Waals surface area (Å²) in [5.41, 5.74) is 5.13. The van der Waals surface area contributed by atoms with Gasteiger partial charge in [-0.05, 0) is 20.3 Å². The van der Waals surface area contributed by atoms with Crippen LogP contribution in [0.25, 0.3) is 0 Å². The zero-order chi connectivity index (χ0) is 13.9. The minimum atomic E-state index is -0.462. The van der Waals surface area contributed by atoms with E-state index >= 15 is 0 Å². The number of morpholine rings is 1. The summed E-state index contributed by atoms with van der Waals surface area (Å²) >= 11 is 4.93. The van der Waals surface area contributed by atoms with Crippen LogP contribution in [0, 0.1) is 5.92 Å². The Morgan fingerprint density at radius 2 is 2.28 bits per heavy atom. The number of nitrogens with two attached hydrogens (primary N) is 1. The summed E-state index contributed by atoms with van der Waals surface area (Å²) in [4.78, 5) is 14.3. The van der Waals surface area contributed by atoms with Crippen LogP contribution in [0.5, 0.6) is 0 Å². The molecule has 0 aliphatic carbocycles. The molecule has 0 radical (unpaired) electrons. The number of carbonyl (C=O) groups is 1. The van der Waals surface area contributed by atoms with Gasteiger partial charge in [0.05, 0.1) is 29.2 Å². The van der Waals surface area contributed by atoms with Gasteiger partial charge in [-0.1, -0.05) is 19.1 Å². The van der Waals surface area contributed by atoms with E-state index in [1.807, 2.05) is 20.8 Å². The molecule has 1 aliphatic heterocycles. The first-order valence-electron chi connectivity index (χ1n) is 6.17. The van der Waals surface area contributed by atoms with Gasteiger partial charge >= 0.3 is 0 Å². The second-order valence-corrected chi connectivity index (χ2v) is 5.74. The van der Waals surface area contributed by atoms with Gasteiger partial charge in [-0.25, -0.2) is 0 Å². The molecule has 1 rings (SSSR count). The van der Waals surface area contributed by atoms with Gasteiger partial charge in [0.1, 0.15) is 0 Å². The monoisotopic (exact) mass is 274 g/mol. The minimum Gasteiger partial charge on any atom is -0.394 e. The van der Waals surface area contributed by atoms with Gasteiger partial charge < -0.3 is 20.5 Å². The number of hydrogen-bond donors (Lipinski definition) is 2. The molecule has 6 heteroatoms. The largest absolute Gasteiger partial charge is 0.394 e. The second-order valence-electron chi connectivity index (χ2n) is 5.26. The average molecular weight is 274 g/mol. The number of thiocarbonyl (C=S) groups is 1. The van der Waals surface area contributed by atoms with Crippen molar-refractivity contribution < 1.29 is 14.6 Å². The highest BCUT2D eigenvalue weighted by molar-refractivity contribution is 7.80. The van der Waals surface area contributed by atoms with Crippen LogP contribution in [0.4, 0.5) is 0 Å². The van der Waals surface area contributed by atoms with Crippen LogP contribution in [0.2, 0.25) is 0 Å². The lowest BCUT2D eigenvalue weighted by Crippen LogP contribution is -2.57. The highest BCUT2D eigenvalue weighted by atomic mass is 32.1. The molecule has 0 aromatic rings. The third-order valence-electron chi connectivity index (χ3n) is 3.05. The fourth-order valence-corrected chi connectivity index (χ4v) is 2.54. The van der Waals surface area contributed by atoms with Gasteiger partial charge in [0.25, 0.3) is 0 Å². The molecule has 1 saturated heterocycles. The number of amides is 1. The van der Waals surface area contributed by atoms with E-state index in [4.69, 9.17) is 22.7 Å². The Kier molecular flexibility index (Phi) is 5.07. The van der Waals surface area contributed by atoms with Gasteiger partial charge in [0.2, 0.25) is 5.91 Å². The summed E-state index contributed by atoms with van der Waals surface area (Å²) in [6, 6.07) is 0. The standard InChI is InChI=1S/C12H22N2O3S/c1-4-9(10(13)18)11(16)14-5-8(6-15)17-12(2,3)7-14/h8-9,15H,4-7H2,1-3H3,(H2,13,18). The second kappa shape index (κ2) is 5.95. The topological polar surface area (TPSA) is 75.8 Å². The molecule has 0 spiro atoms. The van der Waals surface area contributed by atoms with E-state index in [0.717, 1.165) is 0 Å². The maximum Gasteiger partial charge on any atom is 0.232 e. The summed E-state index contributed by atoms with van der Waals surface area (Å²) in [7, 11) is 0. The van der Waals surface area contributed by atoms with Crippen molar-refractivity contribution in [1.29, 1.82) is 0 Å². The number of aliphatic hydroxyl groups excluding tert-OH is 1. The smallest absolute Gasteiger partial charge is 0.232 e. The van der Waals surface area contributed by atoms with Crippen molar-refractivity contribution in [2.45, 2.75) is 38.9 Å². The van der Waals surface area contributed by atoms with Crippen molar-refractivity contribution in [2.24, 2.45) is 11.7 Å². The number of aliphatic hydroxyl groups is 1. The van der Waals surface area contributed by atoms with Crippen molar-refractivity contribution in [2.75, 3.05) is 19.7 Å². The zero-order valence-corrected chi connectivity index (χ0v) is 12.0. The van der Waals surface area contributed by atoms with Gasteiger partial charge in [-0.15, -0.1) is 0 Å². The van der Waals surface area contributed by atoms with Crippen molar-refractivity contribution in [3.63, 3.8) is 0 Å². The number of carbonyl (C=O) groups excluding carboxylic acids is 1. The molecule has 0 aromatic heterocycles. The van der Waals surface area contributed by atoms with Crippen molar-refractivity contribution in [3.05, 3.63) is 0 Å². The van der Waals surface area contributed by atoms with Crippen LogP contribution in [-0.2, 0) is 9.53 Å². The molecule has 5 nitrogen and oxygen atoms in total. The van der Waals surface area contributed by atoms with E-state index in [1.165, 1.54) is 0 Å². The first-order valence-corrected chi connectivity index (χ1v) is 6.58. The highest BCUT2D eigenvalue weighted by Crippen LogP contribution is 2.23. The first-order chi connectivity index (χ1) is 8.30. The molecule has 3 N–H and O–H groups in total. The van der Waals surface area contributed by atoms with Gasteiger partial charge in [-0.3, -0.25) is 4.79 Å². The normalized spacial score (nSPS) is 24.7. The summed E-state index contributed by atoms with van der Waals surface area (Å²) in [6.07, 6.45) is 0.247. The predicted molar refractivity (Wildman–Crippen MR) is 73.2 cm³/mol. The van der Waals surface area contributed by atoms with E-state index < -0.39 is 11.5 Å². The van der Waals surface area contributed by atoms with Gasteiger partial charge in [0, 0.05) is 13.1 Å². The molecule has 1 fully saturated rings. The van der Waals surface area contributed by atoms with Crippen LogP contribution in [0.1, 0.15) is 27.2 Å². The van der Waals surface area contributed by atoms with Crippen molar-refractivity contribution >= 4 is 23.1 Å². The maximum atomic E-state index is 12.3.